The van der Waals surface area contributed by atoms with Gasteiger partial charge in [-0.15, -0.1) is 0 Å². The predicted molar refractivity (Wildman–Crippen MR) is 87.0 cm³/mol. The summed E-state index contributed by atoms with van der Waals surface area (Å²) >= 11 is 6.06. The van der Waals surface area contributed by atoms with E-state index in [0.717, 1.165) is 30.3 Å². The van der Waals surface area contributed by atoms with Crippen molar-refractivity contribution in [2.75, 3.05) is 25.1 Å². The van der Waals surface area contributed by atoms with E-state index in [-0.39, 0.29) is 0 Å². The fourth-order valence-corrected chi connectivity index (χ4v) is 3.29. The summed E-state index contributed by atoms with van der Waals surface area (Å²) in [6.45, 7) is 1.57. The molecule has 0 bridgehead atoms. The van der Waals surface area contributed by atoms with Crippen LogP contribution in [0.2, 0.25) is 5.02 Å². The summed E-state index contributed by atoms with van der Waals surface area (Å²) in [5.41, 5.74) is 8.09. The summed E-state index contributed by atoms with van der Waals surface area (Å²) in [4.78, 5) is 6.79. The number of nitrogens with zero attached hydrogens (tertiary/aromatic N) is 2. The molecule has 3 rings (SSSR count). The number of anilines is 1. The molecule has 1 aliphatic heterocycles. The molecular weight excluding hydrogens is 286 g/mol. The lowest BCUT2D eigenvalue weighted by Gasteiger charge is -2.40. The molecule has 0 radical (unpaired) electrons. The molecular formula is C16H20ClN3O. The molecule has 1 aromatic carbocycles. The molecule has 0 amide bonds. The molecule has 0 spiro atoms. The topological polar surface area (TPSA) is 51.4 Å². The Balaban J connectivity index is 1.99. The molecule has 112 valence electrons. The molecule has 0 aliphatic carbocycles. The number of fused-ring (bicyclic) bond motifs is 1. The zero-order valence-corrected chi connectivity index (χ0v) is 12.9. The molecule has 4 nitrogen and oxygen atoms in total. The molecule has 2 N–H and O–H groups in total. The number of rotatable bonds is 3. The Morgan fingerprint density at radius 3 is 3.05 bits per heavy atom. The number of methoxy groups -OCH3 is 1. The average molecular weight is 306 g/mol. The van der Waals surface area contributed by atoms with Crippen LogP contribution in [-0.4, -0.2) is 37.3 Å². The van der Waals surface area contributed by atoms with Crippen LogP contribution in [0, 0.1) is 0 Å². The Morgan fingerprint density at radius 1 is 1.43 bits per heavy atom. The van der Waals surface area contributed by atoms with Gasteiger partial charge in [0.2, 0.25) is 0 Å². The second-order valence-corrected chi connectivity index (χ2v) is 5.89. The summed E-state index contributed by atoms with van der Waals surface area (Å²) in [7, 11) is 1.78. The van der Waals surface area contributed by atoms with E-state index in [1.165, 1.54) is 5.69 Å². The molecule has 2 aromatic rings. The van der Waals surface area contributed by atoms with Crippen LogP contribution in [0.25, 0.3) is 10.9 Å². The van der Waals surface area contributed by atoms with Crippen molar-refractivity contribution < 1.29 is 4.74 Å². The summed E-state index contributed by atoms with van der Waals surface area (Å²) in [5.74, 6) is 0. The smallest absolute Gasteiger partial charge is 0.0737 e. The maximum Gasteiger partial charge on any atom is 0.0737 e. The molecule has 2 unspecified atom stereocenters. The standard InChI is InChI=1S/C16H20ClN3O/c1-21-13-5-7-20(12(9-13)10-18)16-4-6-19-15-8-11(17)2-3-14(15)16/h2-4,6,8,12-13H,5,7,9-10,18H2,1H3. The Kier molecular flexibility index (Phi) is 4.29. The summed E-state index contributed by atoms with van der Waals surface area (Å²) in [6, 6.07) is 8.21. The van der Waals surface area contributed by atoms with Gasteiger partial charge in [0.15, 0.2) is 0 Å². The van der Waals surface area contributed by atoms with Gasteiger partial charge >= 0.3 is 0 Å². The van der Waals surface area contributed by atoms with Crippen molar-refractivity contribution in [3.8, 4) is 0 Å². The first-order chi connectivity index (χ1) is 10.2. The van der Waals surface area contributed by atoms with E-state index in [2.05, 4.69) is 16.0 Å². The Hall–Kier alpha value is -1.36. The third kappa shape index (κ3) is 2.84. The van der Waals surface area contributed by atoms with Crippen LogP contribution in [0.15, 0.2) is 30.5 Å². The van der Waals surface area contributed by atoms with Crippen molar-refractivity contribution in [1.82, 2.24) is 4.98 Å². The van der Waals surface area contributed by atoms with Crippen molar-refractivity contribution in [1.29, 1.82) is 0 Å². The van der Waals surface area contributed by atoms with Crippen molar-refractivity contribution in [3.63, 3.8) is 0 Å². The van der Waals surface area contributed by atoms with E-state index in [1.807, 2.05) is 24.4 Å². The first-order valence-corrected chi connectivity index (χ1v) is 7.64. The fraction of sp³-hybridized carbons (Fsp3) is 0.438. The number of hydrogen-bond donors (Lipinski definition) is 1. The number of aromatic nitrogens is 1. The van der Waals surface area contributed by atoms with Gasteiger partial charge in [0.05, 0.1) is 11.6 Å². The van der Waals surface area contributed by atoms with Crippen molar-refractivity contribution in [3.05, 3.63) is 35.5 Å². The Bertz CT molecular complexity index is 634. The van der Waals surface area contributed by atoms with Crippen LogP contribution < -0.4 is 10.6 Å². The highest BCUT2D eigenvalue weighted by Crippen LogP contribution is 2.32. The number of piperidine rings is 1. The van der Waals surface area contributed by atoms with Gasteiger partial charge in [0.25, 0.3) is 0 Å². The van der Waals surface area contributed by atoms with Crippen LogP contribution in [0.1, 0.15) is 12.8 Å². The van der Waals surface area contributed by atoms with Gasteiger partial charge in [0, 0.05) is 48.5 Å². The molecule has 1 aliphatic rings. The summed E-state index contributed by atoms with van der Waals surface area (Å²) < 4.78 is 5.50. The monoisotopic (exact) mass is 305 g/mol. The highest BCUT2D eigenvalue weighted by atomic mass is 35.5. The molecule has 21 heavy (non-hydrogen) atoms. The van der Waals surface area contributed by atoms with E-state index in [0.29, 0.717) is 23.7 Å². The second kappa shape index (κ2) is 6.18. The molecule has 1 aromatic heterocycles. The summed E-state index contributed by atoms with van der Waals surface area (Å²) in [5, 5.41) is 1.83. The Morgan fingerprint density at radius 2 is 2.29 bits per heavy atom. The number of benzene rings is 1. The lowest BCUT2D eigenvalue weighted by Crippen LogP contribution is -2.48. The third-order valence-corrected chi connectivity index (χ3v) is 4.50. The van der Waals surface area contributed by atoms with E-state index >= 15 is 0 Å². The summed E-state index contributed by atoms with van der Waals surface area (Å²) in [6.07, 6.45) is 4.12. The van der Waals surface area contributed by atoms with Gasteiger partial charge in [-0.25, -0.2) is 0 Å². The minimum Gasteiger partial charge on any atom is -0.381 e. The largest absolute Gasteiger partial charge is 0.381 e. The zero-order chi connectivity index (χ0) is 14.8. The average Bonchev–Trinajstić information content (AvgIpc) is 2.53. The number of nitrogens with two attached hydrogens (primary N) is 1. The highest BCUT2D eigenvalue weighted by molar-refractivity contribution is 6.31. The first kappa shape index (κ1) is 14.6. The van der Waals surface area contributed by atoms with Crippen molar-refractivity contribution in [2.24, 2.45) is 5.73 Å². The van der Waals surface area contributed by atoms with Gasteiger partial charge in [-0.3, -0.25) is 4.98 Å². The lowest BCUT2D eigenvalue weighted by atomic mass is 9.97. The maximum absolute atomic E-state index is 6.06. The minimum absolute atomic E-state index is 0.296. The zero-order valence-electron chi connectivity index (χ0n) is 12.1. The fourth-order valence-electron chi connectivity index (χ4n) is 3.13. The van der Waals surface area contributed by atoms with Crippen LogP contribution in [0.5, 0.6) is 0 Å². The van der Waals surface area contributed by atoms with Gasteiger partial charge < -0.3 is 15.4 Å². The van der Waals surface area contributed by atoms with Crippen molar-refractivity contribution in [2.45, 2.75) is 25.0 Å². The van der Waals surface area contributed by atoms with Gasteiger partial charge in [-0.2, -0.15) is 0 Å². The quantitative estimate of drug-likeness (QED) is 0.947. The van der Waals surface area contributed by atoms with E-state index in [4.69, 9.17) is 22.1 Å². The molecule has 5 heteroatoms. The number of halogens is 1. The SMILES string of the molecule is COC1CCN(c2ccnc3cc(Cl)ccc23)C(CN)C1. The van der Waals surface area contributed by atoms with E-state index in [1.54, 1.807) is 7.11 Å². The van der Waals surface area contributed by atoms with Crippen molar-refractivity contribution >= 4 is 28.2 Å². The number of hydrogen-bond acceptors (Lipinski definition) is 4. The highest BCUT2D eigenvalue weighted by Gasteiger charge is 2.28. The maximum atomic E-state index is 6.06. The molecule has 1 fully saturated rings. The molecule has 1 saturated heterocycles. The second-order valence-electron chi connectivity index (χ2n) is 5.46. The van der Waals surface area contributed by atoms with Crippen LogP contribution in [-0.2, 0) is 4.74 Å². The molecule has 2 heterocycles. The number of ether oxygens (including phenoxy) is 1. The minimum atomic E-state index is 0.296. The lowest BCUT2D eigenvalue weighted by molar-refractivity contribution is 0.0710. The number of pyridine rings is 1. The van der Waals surface area contributed by atoms with Gasteiger partial charge in [0.1, 0.15) is 0 Å². The van der Waals surface area contributed by atoms with Gasteiger partial charge in [-0.05, 0) is 37.1 Å². The van der Waals surface area contributed by atoms with Crippen LogP contribution >= 0.6 is 11.6 Å². The van der Waals surface area contributed by atoms with E-state index < -0.39 is 0 Å². The Labute approximate surface area is 129 Å². The third-order valence-electron chi connectivity index (χ3n) is 4.26. The van der Waals surface area contributed by atoms with E-state index in [9.17, 15) is 0 Å². The molecule has 2 atom stereocenters. The molecule has 0 saturated carbocycles. The van der Waals surface area contributed by atoms with Gasteiger partial charge in [-0.1, -0.05) is 11.6 Å². The normalized spacial score (nSPS) is 22.7. The van der Waals surface area contributed by atoms with Crippen LogP contribution in [0.3, 0.4) is 0 Å². The first-order valence-electron chi connectivity index (χ1n) is 7.26. The predicted octanol–water partition coefficient (Wildman–Crippen LogP) is 2.83. The van der Waals surface area contributed by atoms with Crippen LogP contribution in [0.4, 0.5) is 5.69 Å².